The summed E-state index contributed by atoms with van der Waals surface area (Å²) < 4.78 is 32.9. The van der Waals surface area contributed by atoms with Gasteiger partial charge in [-0.1, -0.05) is 6.08 Å². The average molecular weight is 361 g/mol. The number of aliphatic imine (C=N–C) groups is 1. The predicted molar refractivity (Wildman–Crippen MR) is 93.7 cm³/mol. The monoisotopic (exact) mass is 360 g/mol. The summed E-state index contributed by atoms with van der Waals surface area (Å²) >= 11 is 5.17. The zero-order valence-corrected chi connectivity index (χ0v) is 15.1. The van der Waals surface area contributed by atoms with Gasteiger partial charge in [0.15, 0.2) is 5.60 Å². The van der Waals surface area contributed by atoms with Crippen molar-refractivity contribution >= 4 is 23.6 Å². The van der Waals surface area contributed by atoms with E-state index in [1.54, 1.807) is 13.3 Å². The summed E-state index contributed by atoms with van der Waals surface area (Å²) in [5.74, 6) is 0.0802. The van der Waals surface area contributed by atoms with Crippen LogP contribution in [0.15, 0.2) is 29.8 Å². The molecule has 0 aliphatic carbocycles. The first-order valence-electron chi connectivity index (χ1n) is 7.44. The van der Waals surface area contributed by atoms with E-state index in [1.807, 2.05) is 18.9 Å². The van der Waals surface area contributed by atoms with Gasteiger partial charge < -0.3 is 14.7 Å². The van der Waals surface area contributed by atoms with Gasteiger partial charge in [-0.2, -0.15) is 8.78 Å². The minimum Gasteiger partial charge on any atom is -0.496 e. The first-order valence-corrected chi connectivity index (χ1v) is 7.82. The smallest absolute Gasteiger partial charge is 0.354 e. The first kappa shape index (κ1) is 20.4. The van der Waals surface area contributed by atoms with E-state index in [1.165, 1.54) is 25.3 Å². The number of hydrogen-bond donors (Lipinski definition) is 1. The number of rotatable bonds is 8. The van der Waals surface area contributed by atoms with E-state index in [-0.39, 0.29) is 11.3 Å². The second-order valence-electron chi connectivity index (χ2n) is 5.51. The van der Waals surface area contributed by atoms with E-state index >= 15 is 0 Å². The van der Waals surface area contributed by atoms with E-state index in [9.17, 15) is 13.9 Å². The Balaban J connectivity index is 3.48. The molecule has 4 nitrogen and oxygen atoms in total. The molecule has 7 heteroatoms. The SMILES string of the molecule is C=CCC(O)(c1cc(C)c(/N=C/N(C)CC)cc1OC)C(F)(F)Cl. The molecule has 0 saturated heterocycles. The van der Waals surface area contributed by atoms with Gasteiger partial charge in [-0.05, 0) is 37.1 Å². The van der Waals surface area contributed by atoms with Crippen molar-refractivity contribution in [1.29, 1.82) is 0 Å². The van der Waals surface area contributed by atoms with Crippen molar-refractivity contribution in [2.45, 2.75) is 31.3 Å². The van der Waals surface area contributed by atoms with Crippen LogP contribution in [0.4, 0.5) is 14.5 Å². The highest BCUT2D eigenvalue weighted by atomic mass is 35.5. The van der Waals surface area contributed by atoms with Crippen LogP contribution >= 0.6 is 11.6 Å². The van der Waals surface area contributed by atoms with Crippen molar-refractivity contribution in [3.8, 4) is 5.75 Å². The fraction of sp³-hybridized carbons (Fsp3) is 0.471. The zero-order chi connectivity index (χ0) is 18.5. The van der Waals surface area contributed by atoms with Crippen LogP contribution in [0.3, 0.4) is 0 Å². The maximum atomic E-state index is 13.9. The molecule has 0 bridgehead atoms. The fourth-order valence-electron chi connectivity index (χ4n) is 2.14. The molecule has 0 saturated carbocycles. The van der Waals surface area contributed by atoms with Crippen LogP contribution in [-0.2, 0) is 5.60 Å². The van der Waals surface area contributed by atoms with Gasteiger partial charge in [0, 0.05) is 31.6 Å². The van der Waals surface area contributed by atoms with Gasteiger partial charge in [-0.25, -0.2) is 4.99 Å². The molecule has 1 aromatic carbocycles. The van der Waals surface area contributed by atoms with Crippen LogP contribution in [0.25, 0.3) is 0 Å². The molecule has 0 heterocycles. The fourth-order valence-corrected chi connectivity index (χ4v) is 2.32. The maximum Gasteiger partial charge on any atom is 0.354 e. The van der Waals surface area contributed by atoms with E-state index in [4.69, 9.17) is 16.3 Å². The molecule has 0 aromatic heterocycles. The Morgan fingerprint density at radius 1 is 1.46 bits per heavy atom. The Hall–Kier alpha value is -1.66. The van der Waals surface area contributed by atoms with Crippen LogP contribution in [-0.4, -0.2) is 42.4 Å². The number of alkyl halides is 3. The molecular formula is C17H23ClF2N2O2. The number of benzene rings is 1. The van der Waals surface area contributed by atoms with Crippen LogP contribution in [0.5, 0.6) is 5.75 Å². The van der Waals surface area contributed by atoms with E-state index in [2.05, 4.69) is 11.6 Å². The molecule has 1 rings (SSSR count). The summed E-state index contributed by atoms with van der Waals surface area (Å²) in [4.78, 5) is 6.18. The van der Waals surface area contributed by atoms with Crippen molar-refractivity contribution < 1.29 is 18.6 Å². The second-order valence-corrected chi connectivity index (χ2v) is 5.98. The summed E-state index contributed by atoms with van der Waals surface area (Å²) in [6.45, 7) is 7.87. The number of aryl methyl sites for hydroxylation is 1. The lowest BCUT2D eigenvalue weighted by atomic mass is 9.88. The molecule has 0 aliphatic heterocycles. The first-order chi connectivity index (χ1) is 11.1. The third-order valence-electron chi connectivity index (χ3n) is 3.77. The van der Waals surface area contributed by atoms with Gasteiger partial charge in [-0.15, -0.1) is 6.58 Å². The molecule has 1 aromatic rings. The van der Waals surface area contributed by atoms with E-state index < -0.39 is 17.4 Å². The molecule has 0 fully saturated rings. The van der Waals surface area contributed by atoms with Crippen molar-refractivity contribution in [2.75, 3.05) is 20.7 Å². The quantitative estimate of drug-likeness (QED) is 0.327. The zero-order valence-electron chi connectivity index (χ0n) is 14.3. The average Bonchev–Trinajstić information content (AvgIpc) is 2.52. The molecule has 1 N–H and O–H groups in total. The number of hydrogen-bond acceptors (Lipinski definition) is 3. The molecular weight excluding hydrogens is 338 g/mol. The highest BCUT2D eigenvalue weighted by Crippen LogP contribution is 2.48. The summed E-state index contributed by atoms with van der Waals surface area (Å²) in [7, 11) is 3.20. The van der Waals surface area contributed by atoms with Gasteiger partial charge >= 0.3 is 5.38 Å². The topological polar surface area (TPSA) is 45.1 Å². The van der Waals surface area contributed by atoms with Gasteiger partial charge in [-0.3, -0.25) is 0 Å². The maximum absolute atomic E-state index is 13.9. The van der Waals surface area contributed by atoms with Crippen LogP contribution in [0.2, 0.25) is 0 Å². The Labute approximate surface area is 146 Å². The number of aliphatic hydroxyl groups is 1. The number of ether oxygens (including phenoxy) is 1. The van der Waals surface area contributed by atoms with Gasteiger partial charge in [0.1, 0.15) is 5.75 Å². The molecule has 0 spiro atoms. The molecule has 0 radical (unpaired) electrons. The van der Waals surface area contributed by atoms with Crippen molar-refractivity contribution in [3.63, 3.8) is 0 Å². The van der Waals surface area contributed by atoms with E-state index in [0.29, 0.717) is 11.3 Å². The van der Waals surface area contributed by atoms with Gasteiger partial charge in [0.2, 0.25) is 0 Å². The Kier molecular flexibility index (Phi) is 6.75. The van der Waals surface area contributed by atoms with Gasteiger partial charge in [0.05, 0.1) is 19.1 Å². The third kappa shape index (κ3) is 4.24. The molecule has 134 valence electrons. The summed E-state index contributed by atoms with van der Waals surface area (Å²) in [5.41, 5.74) is -1.58. The summed E-state index contributed by atoms with van der Waals surface area (Å²) in [6, 6.07) is 2.92. The number of methoxy groups -OCH3 is 1. The Morgan fingerprint density at radius 2 is 2.08 bits per heavy atom. The standard InChI is InChI=1S/C17H23ClF2N2O2/c1-6-8-16(23,17(18,19)20)13-9-12(3)14(10-15(13)24-5)21-11-22(4)7-2/h6,9-11,23H,1,7-8H2,2-5H3/b21-11+. The Bertz CT molecular complexity index is 617. The summed E-state index contributed by atoms with van der Waals surface area (Å²) in [6.07, 6.45) is 2.39. The Morgan fingerprint density at radius 3 is 2.54 bits per heavy atom. The lowest BCUT2D eigenvalue weighted by molar-refractivity contribution is -0.131. The van der Waals surface area contributed by atoms with Crippen molar-refractivity contribution in [3.05, 3.63) is 35.9 Å². The predicted octanol–water partition coefficient (Wildman–Crippen LogP) is 4.21. The van der Waals surface area contributed by atoms with E-state index in [0.717, 1.165) is 6.54 Å². The minimum absolute atomic E-state index is 0.0802. The highest BCUT2D eigenvalue weighted by Gasteiger charge is 2.53. The van der Waals surface area contributed by atoms with Crippen LogP contribution in [0, 0.1) is 6.92 Å². The van der Waals surface area contributed by atoms with Gasteiger partial charge in [0.25, 0.3) is 0 Å². The summed E-state index contributed by atoms with van der Waals surface area (Å²) in [5, 5.41) is 6.63. The minimum atomic E-state index is -3.89. The number of halogens is 3. The molecule has 1 unspecified atom stereocenters. The number of nitrogens with zero attached hydrogens (tertiary/aromatic N) is 2. The third-order valence-corrected chi connectivity index (χ3v) is 4.08. The van der Waals surface area contributed by atoms with Crippen molar-refractivity contribution in [2.24, 2.45) is 4.99 Å². The van der Waals surface area contributed by atoms with Crippen molar-refractivity contribution in [1.82, 2.24) is 4.90 Å². The lowest BCUT2D eigenvalue weighted by Gasteiger charge is -2.33. The highest BCUT2D eigenvalue weighted by molar-refractivity contribution is 6.22. The second kappa shape index (κ2) is 7.94. The molecule has 0 amide bonds. The normalized spacial score (nSPS) is 14.5. The molecule has 24 heavy (non-hydrogen) atoms. The van der Waals surface area contributed by atoms with Crippen LogP contribution < -0.4 is 4.74 Å². The largest absolute Gasteiger partial charge is 0.496 e. The van der Waals surface area contributed by atoms with Crippen LogP contribution in [0.1, 0.15) is 24.5 Å². The lowest BCUT2D eigenvalue weighted by Crippen LogP contribution is -2.41. The molecule has 1 atom stereocenters. The molecule has 0 aliphatic rings.